The average molecular weight is 521 g/mol. The van der Waals surface area contributed by atoms with Crippen LogP contribution in [0.3, 0.4) is 0 Å². The van der Waals surface area contributed by atoms with Gasteiger partial charge >= 0.3 is 0 Å². The van der Waals surface area contributed by atoms with Gasteiger partial charge in [0.05, 0.1) is 25.9 Å². The summed E-state index contributed by atoms with van der Waals surface area (Å²) in [6, 6.07) is 18.6. The molecule has 2 aromatic carbocycles. The van der Waals surface area contributed by atoms with Crippen LogP contribution >= 0.6 is 0 Å². The highest BCUT2D eigenvalue weighted by Gasteiger charge is 2.77. The Bertz CT molecular complexity index is 1350. The SMILES string of the molecule is COc1cc2c(c(OC)n1)[C@]1(O)[C@H](O)[C@H](CN(C)C)[C@@H](c3ccccc3)[C@]1(c1ccc(C3(F)CC3)cc1)O2. The van der Waals surface area contributed by atoms with Crippen LogP contribution in [0.5, 0.6) is 17.5 Å². The lowest BCUT2D eigenvalue weighted by molar-refractivity contribution is -0.152. The Morgan fingerprint density at radius 2 is 1.68 bits per heavy atom. The first kappa shape index (κ1) is 25.1. The lowest BCUT2D eigenvalue weighted by Crippen LogP contribution is -2.52. The smallest absolute Gasteiger partial charge is 0.226 e. The highest BCUT2D eigenvalue weighted by molar-refractivity contribution is 5.60. The molecular formula is C30H33FN2O5. The van der Waals surface area contributed by atoms with Crippen molar-refractivity contribution in [3.8, 4) is 17.5 Å². The molecule has 5 atom stereocenters. The van der Waals surface area contributed by atoms with Crippen molar-refractivity contribution >= 4 is 0 Å². The summed E-state index contributed by atoms with van der Waals surface area (Å²) in [4.78, 5) is 6.42. The number of hydrogen-bond acceptors (Lipinski definition) is 7. The van der Waals surface area contributed by atoms with E-state index in [0.29, 0.717) is 36.3 Å². The monoisotopic (exact) mass is 520 g/mol. The number of aliphatic hydroxyl groups excluding tert-OH is 1. The number of halogens is 1. The number of alkyl halides is 1. The summed E-state index contributed by atoms with van der Waals surface area (Å²) >= 11 is 0. The van der Waals surface area contributed by atoms with Crippen LogP contribution in [0.25, 0.3) is 0 Å². The van der Waals surface area contributed by atoms with Crippen molar-refractivity contribution < 1.29 is 28.8 Å². The molecule has 1 aliphatic heterocycles. The predicted molar refractivity (Wildman–Crippen MR) is 139 cm³/mol. The van der Waals surface area contributed by atoms with Crippen LogP contribution < -0.4 is 14.2 Å². The van der Waals surface area contributed by atoms with Gasteiger partial charge in [0.15, 0.2) is 11.2 Å². The molecule has 1 aromatic heterocycles. The van der Waals surface area contributed by atoms with Crippen LogP contribution in [0.4, 0.5) is 4.39 Å². The number of hydrogen-bond donors (Lipinski definition) is 2. The minimum atomic E-state index is -1.93. The van der Waals surface area contributed by atoms with Gasteiger partial charge in [-0.3, -0.25) is 0 Å². The number of pyridine rings is 1. The van der Waals surface area contributed by atoms with Crippen LogP contribution in [-0.4, -0.2) is 61.1 Å². The first-order chi connectivity index (χ1) is 18.2. The topological polar surface area (TPSA) is 84.3 Å². The Morgan fingerprint density at radius 3 is 2.26 bits per heavy atom. The Kier molecular flexibility index (Phi) is 5.72. The average Bonchev–Trinajstić information content (AvgIpc) is 3.58. The molecule has 3 aliphatic rings. The fourth-order valence-electron chi connectivity index (χ4n) is 6.70. The van der Waals surface area contributed by atoms with Gasteiger partial charge in [-0.2, -0.15) is 4.98 Å². The molecule has 0 radical (unpaired) electrons. The molecule has 0 unspecified atom stereocenters. The molecule has 38 heavy (non-hydrogen) atoms. The quantitative estimate of drug-likeness (QED) is 0.489. The van der Waals surface area contributed by atoms with Gasteiger partial charge in [-0.25, -0.2) is 4.39 Å². The summed E-state index contributed by atoms with van der Waals surface area (Å²) < 4.78 is 32.8. The van der Waals surface area contributed by atoms with E-state index in [2.05, 4.69) is 4.98 Å². The number of rotatable bonds is 7. The second-order valence-corrected chi connectivity index (χ2v) is 11.0. The van der Waals surface area contributed by atoms with Crippen molar-refractivity contribution in [2.75, 3.05) is 34.9 Å². The summed E-state index contributed by atoms with van der Waals surface area (Å²) in [6.07, 6.45) is -0.235. The van der Waals surface area contributed by atoms with Crippen molar-refractivity contribution in [2.45, 2.75) is 41.7 Å². The number of aromatic nitrogens is 1. The van der Waals surface area contributed by atoms with Crippen molar-refractivity contribution in [2.24, 2.45) is 5.92 Å². The molecule has 3 aromatic rings. The molecule has 0 amide bonds. The molecule has 0 saturated heterocycles. The van der Waals surface area contributed by atoms with E-state index in [9.17, 15) is 14.6 Å². The number of ether oxygens (including phenoxy) is 3. The molecule has 2 saturated carbocycles. The molecule has 200 valence electrons. The van der Waals surface area contributed by atoms with Crippen LogP contribution in [0.2, 0.25) is 0 Å². The van der Waals surface area contributed by atoms with Gasteiger partial charge in [0.2, 0.25) is 11.8 Å². The molecule has 2 N–H and O–H groups in total. The van der Waals surface area contributed by atoms with E-state index in [1.54, 1.807) is 18.2 Å². The van der Waals surface area contributed by atoms with Gasteiger partial charge in [-0.15, -0.1) is 0 Å². The van der Waals surface area contributed by atoms with E-state index in [0.717, 1.165) is 5.56 Å². The maximum atomic E-state index is 14.9. The van der Waals surface area contributed by atoms with Crippen molar-refractivity contribution in [3.05, 3.63) is 82.9 Å². The van der Waals surface area contributed by atoms with Crippen LogP contribution in [0, 0.1) is 5.92 Å². The maximum Gasteiger partial charge on any atom is 0.226 e. The number of aliphatic hydroxyl groups is 2. The van der Waals surface area contributed by atoms with Gasteiger partial charge in [0.1, 0.15) is 11.4 Å². The Hall–Kier alpha value is -3.20. The molecular weight excluding hydrogens is 487 g/mol. The molecule has 7 nitrogen and oxygen atoms in total. The summed E-state index contributed by atoms with van der Waals surface area (Å²) in [6.45, 7) is 0.487. The third kappa shape index (κ3) is 3.33. The highest BCUT2D eigenvalue weighted by Crippen LogP contribution is 2.70. The summed E-state index contributed by atoms with van der Waals surface area (Å²) in [5.41, 5.74) is -2.24. The zero-order valence-electron chi connectivity index (χ0n) is 22.0. The third-order valence-corrected chi connectivity index (χ3v) is 8.50. The van der Waals surface area contributed by atoms with Gasteiger partial charge in [-0.1, -0.05) is 54.6 Å². The zero-order valence-corrected chi connectivity index (χ0v) is 22.0. The van der Waals surface area contributed by atoms with Crippen molar-refractivity contribution in [1.82, 2.24) is 9.88 Å². The first-order valence-corrected chi connectivity index (χ1v) is 12.9. The Labute approximate surface area is 221 Å². The minimum absolute atomic E-state index is 0.123. The van der Waals surface area contributed by atoms with E-state index in [-0.39, 0.29) is 17.3 Å². The van der Waals surface area contributed by atoms with Crippen molar-refractivity contribution in [1.29, 1.82) is 0 Å². The fourth-order valence-corrected chi connectivity index (χ4v) is 6.70. The zero-order chi connectivity index (χ0) is 26.9. The van der Waals surface area contributed by atoms with Gasteiger partial charge in [0.25, 0.3) is 0 Å². The molecule has 6 rings (SSSR count). The Morgan fingerprint density at radius 1 is 1.03 bits per heavy atom. The number of benzene rings is 2. The summed E-state index contributed by atoms with van der Waals surface area (Å²) in [5, 5.41) is 24.9. The van der Waals surface area contributed by atoms with E-state index < -0.39 is 34.8 Å². The maximum absolute atomic E-state index is 14.9. The van der Waals surface area contributed by atoms with Gasteiger partial charge in [0, 0.05) is 24.4 Å². The Balaban J connectivity index is 1.64. The molecule has 8 heteroatoms. The van der Waals surface area contributed by atoms with Gasteiger partial charge in [-0.05, 0) is 43.6 Å². The number of nitrogens with zero attached hydrogens (tertiary/aromatic N) is 2. The summed E-state index contributed by atoms with van der Waals surface area (Å²) in [5.74, 6) is -0.184. The predicted octanol–water partition coefficient (Wildman–Crippen LogP) is 3.87. The highest BCUT2D eigenvalue weighted by atomic mass is 19.1. The number of fused-ring (bicyclic) bond motifs is 3. The van der Waals surface area contributed by atoms with Crippen LogP contribution in [0.15, 0.2) is 60.7 Å². The third-order valence-electron chi connectivity index (χ3n) is 8.50. The van der Waals surface area contributed by atoms with Crippen LogP contribution in [-0.2, 0) is 16.9 Å². The molecule has 0 spiro atoms. The standard InChI is InChI=1S/C30H33FN2O5/c1-33(2)17-21-24(18-8-6-5-7-9-18)30(20-12-10-19(11-13-20)28(31)14-15-28)29(35,26(21)34)25-22(38-30)16-23(36-3)32-27(25)37-4/h5-13,16,21,24,26,34-35H,14-15,17H2,1-4H3/t21-,24-,26-,29+,30+/m1/s1. The second kappa shape index (κ2) is 8.66. The van der Waals surface area contributed by atoms with E-state index in [1.165, 1.54) is 14.2 Å². The second-order valence-electron chi connectivity index (χ2n) is 11.0. The molecule has 2 aliphatic carbocycles. The van der Waals surface area contributed by atoms with Crippen molar-refractivity contribution in [3.63, 3.8) is 0 Å². The molecule has 2 fully saturated rings. The number of methoxy groups -OCH3 is 2. The molecule has 2 heterocycles. The minimum Gasteiger partial charge on any atom is -0.481 e. The van der Waals surface area contributed by atoms with E-state index in [1.807, 2.05) is 61.5 Å². The van der Waals surface area contributed by atoms with Gasteiger partial charge < -0.3 is 29.3 Å². The van der Waals surface area contributed by atoms with E-state index in [4.69, 9.17) is 14.2 Å². The van der Waals surface area contributed by atoms with E-state index >= 15 is 0 Å². The normalized spacial score (nSPS) is 30.5. The van der Waals surface area contributed by atoms with Crippen LogP contribution in [0.1, 0.15) is 41.0 Å². The largest absolute Gasteiger partial charge is 0.481 e. The fraction of sp³-hybridized carbons (Fsp3) is 0.433. The lowest BCUT2D eigenvalue weighted by atomic mass is 9.70. The summed E-state index contributed by atoms with van der Waals surface area (Å²) in [7, 11) is 6.83. The molecule has 0 bridgehead atoms. The lowest BCUT2D eigenvalue weighted by Gasteiger charge is -2.41. The first-order valence-electron chi connectivity index (χ1n) is 12.9.